The number of halogens is 1. The zero-order valence-corrected chi connectivity index (χ0v) is 13.0. The summed E-state index contributed by atoms with van der Waals surface area (Å²) in [5, 5.41) is 4.03. The molecule has 2 aromatic rings. The van der Waals surface area contributed by atoms with Gasteiger partial charge in [0.2, 0.25) is 11.7 Å². The molecule has 0 atom stereocenters. The molecule has 0 saturated carbocycles. The second kappa shape index (κ2) is 5.43. The van der Waals surface area contributed by atoms with Crippen molar-refractivity contribution in [1.29, 1.82) is 0 Å². The largest absolute Gasteiger partial charge is 0.337 e. The SMILES string of the molecule is CCC(N)(CC)c1nc(-c2ccc(C)c(Br)c2)no1. The van der Waals surface area contributed by atoms with Gasteiger partial charge in [-0.2, -0.15) is 4.98 Å². The summed E-state index contributed by atoms with van der Waals surface area (Å²) >= 11 is 3.51. The molecule has 0 amide bonds. The Labute approximate surface area is 121 Å². The standard InChI is InChI=1S/C14H18BrN3O/c1-4-14(16,5-2)13-17-12(18-19-13)10-7-6-9(3)11(15)8-10/h6-8H,4-5,16H2,1-3H3. The highest BCUT2D eigenvalue weighted by atomic mass is 79.9. The first kappa shape index (κ1) is 14.2. The van der Waals surface area contributed by atoms with Gasteiger partial charge < -0.3 is 10.3 Å². The first-order valence-electron chi connectivity index (χ1n) is 6.39. The van der Waals surface area contributed by atoms with Crippen LogP contribution in [0.5, 0.6) is 0 Å². The molecule has 0 fully saturated rings. The molecule has 0 saturated heterocycles. The van der Waals surface area contributed by atoms with E-state index in [2.05, 4.69) is 26.1 Å². The summed E-state index contributed by atoms with van der Waals surface area (Å²) in [6.45, 7) is 6.08. The van der Waals surface area contributed by atoms with Crippen molar-refractivity contribution in [2.45, 2.75) is 39.2 Å². The van der Waals surface area contributed by atoms with E-state index in [0.717, 1.165) is 22.9 Å². The summed E-state index contributed by atoms with van der Waals surface area (Å²) in [7, 11) is 0. The Balaban J connectivity index is 2.38. The number of aryl methyl sites for hydroxylation is 1. The van der Waals surface area contributed by atoms with E-state index in [0.29, 0.717) is 11.7 Å². The number of nitrogens with two attached hydrogens (primary N) is 1. The fraction of sp³-hybridized carbons (Fsp3) is 0.429. The second-order valence-corrected chi connectivity index (χ2v) is 5.60. The number of benzene rings is 1. The average Bonchev–Trinajstić information content (AvgIpc) is 2.91. The van der Waals surface area contributed by atoms with Gasteiger partial charge in [0.25, 0.3) is 0 Å². The normalized spacial score (nSPS) is 11.8. The van der Waals surface area contributed by atoms with Crippen LogP contribution in [0.3, 0.4) is 0 Å². The van der Waals surface area contributed by atoms with Gasteiger partial charge in [-0.1, -0.05) is 47.1 Å². The van der Waals surface area contributed by atoms with E-state index in [4.69, 9.17) is 10.3 Å². The highest BCUT2D eigenvalue weighted by molar-refractivity contribution is 9.10. The molecular formula is C14H18BrN3O. The van der Waals surface area contributed by atoms with Gasteiger partial charge in [-0.25, -0.2) is 0 Å². The third-order valence-electron chi connectivity index (χ3n) is 3.54. The first-order valence-corrected chi connectivity index (χ1v) is 7.19. The topological polar surface area (TPSA) is 64.9 Å². The Bertz CT molecular complexity index is 576. The second-order valence-electron chi connectivity index (χ2n) is 4.75. The van der Waals surface area contributed by atoms with Gasteiger partial charge in [0.1, 0.15) is 0 Å². The molecule has 102 valence electrons. The van der Waals surface area contributed by atoms with E-state index in [1.165, 1.54) is 5.56 Å². The monoisotopic (exact) mass is 323 g/mol. The maximum absolute atomic E-state index is 6.26. The minimum atomic E-state index is -0.535. The zero-order valence-electron chi connectivity index (χ0n) is 11.4. The number of nitrogens with zero attached hydrogens (tertiary/aromatic N) is 2. The van der Waals surface area contributed by atoms with Crippen molar-refractivity contribution in [3.05, 3.63) is 34.1 Å². The number of rotatable bonds is 4. The highest BCUT2D eigenvalue weighted by Crippen LogP contribution is 2.28. The van der Waals surface area contributed by atoms with Crippen LogP contribution in [0, 0.1) is 6.92 Å². The number of aromatic nitrogens is 2. The fourth-order valence-electron chi connectivity index (χ4n) is 1.83. The molecule has 0 radical (unpaired) electrons. The van der Waals surface area contributed by atoms with Crippen LogP contribution in [0.15, 0.2) is 27.2 Å². The summed E-state index contributed by atoms with van der Waals surface area (Å²) in [5.74, 6) is 1.08. The van der Waals surface area contributed by atoms with Crippen molar-refractivity contribution < 1.29 is 4.52 Å². The van der Waals surface area contributed by atoms with Crippen molar-refractivity contribution in [2.24, 2.45) is 5.73 Å². The van der Waals surface area contributed by atoms with E-state index < -0.39 is 5.54 Å². The smallest absolute Gasteiger partial charge is 0.247 e. The summed E-state index contributed by atoms with van der Waals surface area (Å²) in [5.41, 5.74) is 7.81. The third kappa shape index (κ3) is 2.72. The van der Waals surface area contributed by atoms with Crippen molar-refractivity contribution in [3.63, 3.8) is 0 Å². The summed E-state index contributed by atoms with van der Waals surface area (Å²) in [4.78, 5) is 4.44. The molecule has 5 heteroatoms. The maximum atomic E-state index is 6.26. The molecule has 0 aliphatic heterocycles. The lowest BCUT2D eigenvalue weighted by Gasteiger charge is -2.20. The lowest BCUT2D eigenvalue weighted by molar-refractivity contribution is 0.268. The van der Waals surface area contributed by atoms with Gasteiger partial charge in [0.15, 0.2) is 0 Å². The van der Waals surface area contributed by atoms with Crippen molar-refractivity contribution in [2.75, 3.05) is 0 Å². The summed E-state index contributed by atoms with van der Waals surface area (Å²) in [6.07, 6.45) is 1.53. The molecule has 0 aliphatic rings. The Morgan fingerprint density at radius 3 is 2.58 bits per heavy atom. The molecule has 2 rings (SSSR count). The molecule has 1 aromatic carbocycles. The van der Waals surface area contributed by atoms with Gasteiger partial charge in [-0.05, 0) is 31.4 Å². The van der Waals surface area contributed by atoms with Crippen molar-refractivity contribution in [3.8, 4) is 11.4 Å². The minimum Gasteiger partial charge on any atom is -0.337 e. The van der Waals surface area contributed by atoms with Gasteiger partial charge in [-0.3, -0.25) is 0 Å². The lowest BCUT2D eigenvalue weighted by atomic mass is 9.94. The Kier molecular flexibility index (Phi) is 4.06. The van der Waals surface area contributed by atoms with Crippen molar-refractivity contribution >= 4 is 15.9 Å². The number of hydrogen-bond acceptors (Lipinski definition) is 4. The number of hydrogen-bond donors (Lipinski definition) is 1. The van der Waals surface area contributed by atoms with Crippen LogP contribution in [0.2, 0.25) is 0 Å². The lowest BCUT2D eigenvalue weighted by Crippen LogP contribution is -2.35. The highest BCUT2D eigenvalue weighted by Gasteiger charge is 2.30. The Hall–Kier alpha value is -1.20. The summed E-state index contributed by atoms with van der Waals surface area (Å²) in [6, 6.07) is 5.98. The van der Waals surface area contributed by atoms with Crippen molar-refractivity contribution in [1.82, 2.24) is 10.1 Å². The Morgan fingerprint density at radius 2 is 2.00 bits per heavy atom. The zero-order chi connectivity index (χ0) is 14.0. The predicted molar refractivity (Wildman–Crippen MR) is 78.6 cm³/mol. The molecule has 1 aromatic heterocycles. The van der Waals surface area contributed by atoms with E-state index in [1.54, 1.807) is 0 Å². The van der Waals surface area contributed by atoms with Gasteiger partial charge in [-0.15, -0.1) is 0 Å². The predicted octanol–water partition coefficient (Wildman–Crippen LogP) is 3.78. The van der Waals surface area contributed by atoms with Crippen LogP contribution in [0.25, 0.3) is 11.4 Å². The van der Waals surface area contributed by atoms with Crippen LogP contribution in [0.4, 0.5) is 0 Å². The van der Waals surface area contributed by atoms with Crippen LogP contribution < -0.4 is 5.73 Å². The fourth-order valence-corrected chi connectivity index (χ4v) is 2.21. The van der Waals surface area contributed by atoms with E-state index in [1.807, 2.05) is 39.0 Å². The molecule has 19 heavy (non-hydrogen) atoms. The van der Waals surface area contributed by atoms with E-state index in [-0.39, 0.29) is 0 Å². The molecule has 4 nitrogen and oxygen atoms in total. The molecule has 0 spiro atoms. The molecule has 0 aliphatic carbocycles. The molecule has 0 unspecified atom stereocenters. The Morgan fingerprint density at radius 1 is 1.32 bits per heavy atom. The van der Waals surface area contributed by atoms with Gasteiger partial charge in [0, 0.05) is 10.0 Å². The van der Waals surface area contributed by atoms with E-state index >= 15 is 0 Å². The quantitative estimate of drug-likeness (QED) is 0.929. The van der Waals surface area contributed by atoms with Crippen LogP contribution in [0.1, 0.15) is 38.1 Å². The maximum Gasteiger partial charge on any atom is 0.247 e. The van der Waals surface area contributed by atoms with Gasteiger partial charge in [0.05, 0.1) is 5.54 Å². The molecular weight excluding hydrogens is 306 g/mol. The van der Waals surface area contributed by atoms with Crippen LogP contribution in [-0.4, -0.2) is 10.1 Å². The minimum absolute atomic E-state index is 0.504. The average molecular weight is 324 g/mol. The third-order valence-corrected chi connectivity index (χ3v) is 4.40. The van der Waals surface area contributed by atoms with Crippen LogP contribution in [-0.2, 0) is 5.54 Å². The molecule has 0 bridgehead atoms. The molecule has 1 heterocycles. The van der Waals surface area contributed by atoms with Crippen LogP contribution >= 0.6 is 15.9 Å². The van der Waals surface area contributed by atoms with E-state index in [9.17, 15) is 0 Å². The first-order chi connectivity index (χ1) is 9.00. The summed E-state index contributed by atoms with van der Waals surface area (Å²) < 4.78 is 6.36. The van der Waals surface area contributed by atoms with Gasteiger partial charge >= 0.3 is 0 Å². The molecule has 2 N–H and O–H groups in total.